The molecule has 3 aromatic carbocycles. The lowest BCUT2D eigenvalue weighted by Crippen LogP contribution is -2.44. The normalized spacial score (nSPS) is 23.7. The molecule has 9 rings (SSSR count). The van der Waals surface area contributed by atoms with E-state index in [0.29, 0.717) is 29.8 Å². The summed E-state index contributed by atoms with van der Waals surface area (Å²) in [5, 5.41) is 20.3. The molecule has 60 heavy (non-hydrogen) atoms. The first-order valence-electron chi connectivity index (χ1n) is 21.1. The van der Waals surface area contributed by atoms with Gasteiger partial charge in [0.15, 0.2) is 17.4 Å². The van der Waals surface area contributed by atoms with E-state index >= 15 is 0 Å². The average Bonchev–Trinajstić information content (AvgIpc) is 3.93. The highest BCUT2D eigenvalue weighted by Crippen LogP contribution is 2.36. The molecule has 16 heteroatoms. The summed E-state index contributed by atoms with van der Waals surface area (Å²) in [6.07, 6.45) is 8.96. The van der Waals surface area contributed by atoms with Crippen molar-refractivity contribution in [1.29, 1.82) is 0 Å². The number of benzene rings is 3. The highest BCUT2D eigenvalue weighted by atomic mass is 19.2. The van der Waals surface area contributed by atoms with Gasteiger partial charge in [0, 0.05) is 63.5 Å². The van der Waals surface area contributed by atoms with Crippen molar-refractivity contribution in [3.05, 3.63) is 87.7 Å². The first kappa shape index (κ1) is 39.8. The van der Waals surface area contributed by atoms with Crippen molar-refractivity contribution in [2.45, 2.75) is 69.9 Å². The highest BCUT2D eigenvalue weighted by molar-refractivity contribution is 6.00. The molecule has 0 spiro atoms. The third-order valence-corrected chi connectivity index (χ3v) is 13.5. The number of aromatic nitrogens is 4. The molecule has 1 aliphatic carbocycles. The molecule has 0 bridgehead atoms. The minimum absolute atomic E-state index is 0.132. The van der Waals surface area contributed by atoms with Crippen LogP contribution in [0.3, 0.4) is 0 Å². The monoisotopic (exact) mass is 826 g/mol. The molecule has 4 fully saturated rings. The van der Waals surface area contributed by atoms with Gasteiger partial charge in [0.05, 0.1) is 28.2 Å². The van der Waals surface area contributed by atoms with Gasteiger partial charge in [-0.3, -0.25) is 33.5 Å². The number of phenolic OH excluding ortho intramolecular Hbond substituents is 1. The Balaban J connectivity index is 0.753. The van der Waals surface area contributed by atoms with E-state index in [9.17, 15) is 37.5 Å². The number of carbonyl (C=O) groups is 3. The number of aromatic hydroxyl groups is 1. The number of fused-ring (bicyclic) bond motifs is 3. The quantitative estimate of drug-likeness (QED) is 0.126. The van der Waals surface area contributed by atoms with Crippen molar-refractivity contribution >= 4 is 45.3 Å². The van der Waals surface area contributed by atoms with Crippen molar-refractivity contribution in [2.75, 3.05) is 44.2 Å². The zero-order chi connectivity index (χ0) is 41.8. The predicted molar refractivity (Wildman–Crippen MR) is 218 cm³/mol. The van der Waals surface area contributed by atoms with E-state index in [1.165, 1.54) is 10.3 Å². The van der Waals surface area contributed by atoms with Crippen molar-refractivity contribution < 1.29 is 32.7 Å². The number of imidazole rings is 1. The predicted octanol–water partition coefficient (Wildman–Crippen LogP) is 5.34. The number of phenols is 1. The molecule has 316 valence electrons. The highest BCUT2D eigenvalue weighted by Gasteiger charge is 2.37. The molecule has 3 atom stereocenters. The van der Waals surface area contributed by atoms with Crippen molar-refractivity contribution in [3.8, 4) is 5.75 Å². The summed E-state index contributed by atoms with van der Waals surface area (Å²) >= 11 is 0. The number of anilines is 1. The molecule has 2 aromatic heterocycles. The second-order valence-electron chi connectivity index (χ2n) is 17.2. The molecule has 3 aliphatic heterocycles. The molecular weight excluding hydrogens is 778 g/mol. The van der Waals surface area contributed by atoms with Gasteiger partial charge in [-0.2, -0.15) is 9.49 Å². The lowest BCUT2D eigenvalue weighted by Gasteiger charge is -2.36. The fourth-order valence-electron chi connectivity index (χ4n) is 10.1. The molecule has 5 aromatic rings. The number of hydrogen-bond acceptors (Lipinski definition) is 8. The second-order valence-corrected chi connectivity index (χ2v) is 17.2. The molecule has 0 unspecified atom stereocenters. The second kappa shape index (κ2) is 16.1. The van der Waals surface area contributed by atoms with Crippen LogP contribution in [-0.4, -0.2) is 85.9 Å². The summed E-state index contributed by atoms with van der Waals surface area (Å²) in [4.78, 5) is 55.0. The third kappa shape index (κ3) is 7.54. The number of likely N-dealkylation sites (tertiary alicyclic amines) is 1. The van der Waals surface area contributed by atoms with Crippen LogP contribution in [0.4, 0.5) is 18.9 Å². The van der Waals surface area contributed by atoms with Crippen LogP contribution in [0.25, 0.3) is 21.9 Å². The largest absolute Gasteiger partial charge is 0.503 e. The molecule has 4 aliphatic rings. The zero-order valence-corrected chi connectivity index (χ0v) is 33.5. The maximum atomic E-state index is 14.2. The summed E-state index contributed by atoms with van der Waals surface area (Å²) in [7, 11) is 1.73. The SMILES string of the molecule is Cn1c(=O)n([C@@H]2CCC(=O)NC2=O)c2ccc(CCCN3C[C@@H]4CCN(c5ccc6cn(C7CCC(CNC(=O)c8cc(F)c(O)c(F)c8F)CC7)nc6c5)C[C@@H]4C3)cc21. The topological polar surface area (TPSA) is 147 Å². The molecule has 13 nitrogen and oxygen atoms in total. The zero-order valence-electron chi connectivity index (χ0n) is 33.5. The number of nitrogens with zero attached hydrogens (tertiary/aromatic N) is 6. The van der Waals surface area contributed by atoms with Crippen LogP contribution < -0.4 is 21.2 Å². The van der Waals surface area contributed by atoms with Crippen LogP contribution in [-0.2, 0) is 23.1 Å². The van der Waals surface area contributed by atoms with Gasteiger partial charge in [-0.05, 0) is 118 Å². The van der Waals surface area contributed by atoms with Gasteiger partial charge in [-0.25, -0.2) is 13.6 Å². The number of hydrogen-bond donors (Lipinski definition) is 3. The van der Waals surface area contributed by atoms with Gasteiger partial charge >= 0.3 is 5.69 Å². The molecular formula is C44H49F3N8O5. The minimum Gasteiger partial charge on any atom is -0.503 e. The van der Waals surface area contributed by atoms with Crippen molar-refractivity contribution in [3.63, 3.8) is 0 Å². The van der Waals surface area contributed by atoms with Crippen molar-refractivity contribution in [1.82, 2.24) is 34.4 Å². The summed E-state index contributed by atoms with van der Waals surface area (Å²) in [5.74, 6) is -6.44. The Morgan fingerprint density at radius 1 is 0.917 bits per heavy atom. The van der Waals surface area contributed by atoms with E-state index in [2.05, 4.69) is 55.6 Å². The number of carbonyl (C=O) groups excluding carboxylic acids is 3. The van der Waals surface area contributed by atoms with Gasteiger partial charge in [-0.15, -0.1) is 0 Å². The van der Waals surface area contributed by atoms with Crippen LogP contribution in [0.15, 0.2) is 53.5 Å². The number of piperidine rings is 2. The van der Waals surface area contributed by atoms with E-state index in [1.807, 2.05) is 12.1 Å². The molecule has 3 N–H and O–H groups in total. The van der Waals surface area contributed by atoms with Gasteiger partial charge in [-0.1, -0.05) is 6.07 Å². The van der Waals surface area contributed by atoms with Gasteiger partial charge in [0.2, 0.25) is 17.6 Å². The lowest BCUT2D eigenvalue weighted by atomic mass is 9.86. The fraction of sp³-hybridized carbons (Fsp3) is 0.477. The van der Waals surface area contributed by atoms with Crippen molar-refractivity contribution in [2.24, 2.45) is 24.8 Å². The molecule has 0 radical (unpaired) electrons. The Morgan fingerprint density at radius 3 is 2.52 bits per heavy atom. The lowest BCUT2D eigenvalue weighted by molar-refractivity contribution is -0.135. The van der Waals surface area contributed by atoms with Crippen LogP contribution in [0, 0.1) is 35.2 Å². The average molecular weight is 827 g/mol. The van der Waals surface area contributed by atoms with Crippen LogP contribution in [0.1, 0.15) is 79.4 Å². The first-order valence-corrected chi connectivity index (χ1v) is 21.1. The number of nitrogens with one attached hydrogen (secondary N) is 2. The van der Waals surface area contributed by atoms with E-state index in [1.54, 1.807) is 11.6 Å². The summed E-state index contributed by atoms with van der Waals surface area (Å²) < 4.78 is 46.8. The van der Waals surface area contributed by atoms with Gasteiger partial charge in [0.25, 0.3) is 5.91 Å². The van der Waals surface area contributed by atoms with E-state index in [4.69, 9.17) is 5.10 Å². The maximum absolute atomic E-state index is 14.2. The Morgan fingerprint density at radius 2 is 1.72 bits per heavy atom. The summed E-state index contributed by atoms with van der Waals surface area (Å²) in [5.41, 5.74) is 3.76. The number of aryl methyl sites for hydroxylation is 2. The summed E-state index contributed by atoms with van der Waals surface area (Å²) in [6, 6.07) is 12.6. The Hall–Kier alpha value is -5.64. The number of amides is 3. The third-order valence-electron chi connectivity index (χ3n) is 13.5. The Labute approximate surface area is 344 Å². The van der Waals surface area contributed by atoms with Gasteiger partial charge in [0.1, 0.15) is 6.04 Å². The molecule has 5 heterocycles. The number of imide groups is 1. The minimum atomic E-state index is -1.78. The van der Waals surface area contributed by atoms with Crippen LogP contribution in [0.2, 0.25) is 0 Å². The van der Waals surface area contributed by atoms with E-state index < -0.39 is 46.6 Å². The van der Waals surface area contributed by atoms with Gasteiger partial charge < -0.3 is 20.2 Å². The first-order chi connectivity index (χ1) is 28.9. The number of halogens is 3. The maximum Gasteiger partial charge on any atom is 0.329 e. The Kier molecular flexibility index (Phi) is 10.7. The molecule has 3 saturated heterocycles. The van der Waals surface area contributed by atoms with E-state index in [-0.39, 0.29) is 36.5 Å². The standard InChI is InChI=1S/C44H49F3N8O5/c1-51-37-17-25(6-11-35(37)55(44(51)60)36-12-13-38(56)49-43(36)59)3-2-15-52-21-27-14-16-53(23-29(27)22-52)31-10-7-28-24-54(50-34(28)18-31)30-8-4-26(5-9-30)20-48-42(58)32-19-33(45)41(57)40(47)39(32)46/h6-7,10-11,17-19,24,26-27,29-30,36,57H,2-5,8-9,12-16,20-23H2,1H3,(H,48,58)(H,49,56,59)/t26?,27-,29-,30?,36+/m0/s1. The van der Waals surface area contributed by atoms with E-state index in [0.717, 1.165) is 99.7 Å². The molecule has 3 amide bonds. The summed E-state index contributed by atoms with van der Waals surface area (Å²) in [6.45, 7) is 5.44. The van der Waals surface area contributed by atoms with Crippen LogP contribution in [0.5, 0.6) is 5.75 Å². The smallest absolute Gasteiger partial charge is 0.329 e. The number of rotatable bonds is 10. The molecule has 1 saturated carbocycles. The fourth-order valence-corrected chi connectivity index (χ4v) is 10.1. The Bertz CT molecular complexity index is 2560. The van der Waals surface area contributed by atoms with Crippen LogP contribution >= 0.6 is 0 Å².